The third-order valence-corrected chi connectivity index (χ3v) is 3.49. The average molecular weight is 432 g/mol. The van der Waals surface area contributed by atoms with Crippen LogP contribution in [0.1, 0.15) is 0 Å². The summed E-state index contributed by atoms with van der Waals surface area (Å²) < 4.78 is 61.7. The number of ether oxygens (including phenoxy) is 4. The molecule has 0 spiro atoms. The van der Waals surface area contributed by atoms with Crippen LogP contribution in [0.2, 0.25) is 0 Å². The Balaban J connectivity index is 2.13. The van der Waals surface area contributed by atoms with Crippen molar-refractivity contribution in [3.63, 3.8) is 0 Å². The molecule has 0 amide bonds. The molecule has 0 aliphatic heterocycles. The first-order valence-electron chi connectivity index (χ1n) is 8.44. The highest BCUT2D eigenvalue weighted by atomic mass is 19.2. The minimum absolute atomic E-state index is 0.0327. The molecule has 0 aliphatic rings. The smallest absolute Gasteiger partial charge is 0.335 e. The molecular weight excluding hydrogens is 417 g/mol. The monoisotopic (exact) mass is 432 g/mol. The summed E-state index contributed by atoms with van der Waals surface area (Å²) in [6.45, 7) is 6.38. The first kappa shape index (κ1) is 23.0. The Kier molecular flexibility index (Phi) is 8.21. The molecule has 0 aliphatic carbocycles. The van der Waals surface area contributed by atoms with E-state index in [-0.39, 0.29) is 16.9 Å². The topological polar surface area (TPSA) is 71.1 Å². The molecule has 160 valence electrons. The zero-order valence-electron chi connectivity index (χ0n) is 15.8. The van der Waals surface area contributed by atoms with Crippen molar-refractivity contribution in [3.05, 3.63) is 98.1 Å². The molecule has 0 bridgehead atoms. The molecule has 9 heteroatoms. The maximum atomic E-state index is 14.4. The van der Waals surface area contributed by atoms with Crippen LogP contribution in [0, 0.1) is 17.5 Å². The molecule has 2 rings (SSSR count). The van der Waals surface area contributed by atoms with Gasteiger partial charge in [-0.15, -0.1) is 0 Å². The number of carbonyl (C=O) groups excluding carboxylic acids is 2. The quantitative estimate of drug-likeness (QED) is 0.318. The first-order chi connectivity index (χ1) is 14.9. The van der Waals surface area contributed by atoms with Crippen LogP contribution < -0.4 is 9.47 Å². The third-order valence-electron chi connectivity index (χ3n) is 3.49. The highest BCUT2D eigenvalue weighted by Gasteiger charge is 2.17. The summed E-state index contributed by atoms with van der Waals surface area (Å²) in [6, 6.07) is 5.72. The van der Waals surface area contributed by atoms with Gasteiger partial charge in [-0.2, -0.15) is 4.39 Å². The van der Waals surface area contributed by atoms with Crippen LogP contribution in [-0.2, 0) is 19.1 Å². The van der Waals surface area contributed by atoms with E-state index in [1.165, 1.54) is 18.2 Å². The molecule has 0 saturated carbocycles. The molecule has 2 aromatic rings. The van der Waals surface area contributed by atoms with Crippen molar-refractivity contribution < 1.29 is 41.7 Å². The summed E-state index contributed by atoms with van der Waals surface area (Å²) in [4.78, 5) is 21.7. The fourth-order valence-electron chi connectivity index (χ4n) is 2.10. The van der Waals surface area contributed by atoms with E-state index in [0.29, 0.717) is 0 Å². The van der Waals surface area contributed by atoms with E-state index in [1.54, 1.807) is 0 Å². The summed E-state index contributed by atoms with van der Waals surface area (Å²) in [7, 11) is 0. The zero-order chi connectivity index (χ0) is 22.8. The Hall–Kier alpha value is -4.27. The molecule has 0 atom stereocenters. The van der Waals surface area contributed by atoms with Gasteiger partial charge in [-0.25, -0.2) is 18.4 Å². The Morgan fingerprint density at radius 1 is 0.742 bits per heavy atom. The van der Waals surface area contributed by atoms with E-state index in [2.05, 4.69) is 22.6 Å². The number of halogens is 3. The van der Waals surface area contributed by atoms with Gasteiger partial charge in [-0.1, -0.05) is 19.2 Å². The van der Waals surface area contributed by atoms with Gasteiger partial charge in [0.25, 0.3) is 0 Å². The van der Waals surface area contributed by atoms with Gasteiger partial charge in [0, 0.05) is 17.7 Å². The molecule has 0 aromatic heterocycles. The lowest BCUT2D eigenvalue weighted by Gasteiger charge is -2.09. The Morgan fingerprint density at radius 3 is 1.84 bits per heavy atom. The van der Waals surface area contributed by atoms with Crippen molar-refractivity contribution in [2.45, 2.75) is 0 Å². The molecule has 0 fully saturated rings. The third kappa shape index (κ3) is 6.36. The molecule has 0 saturated heterocycles. The summed E-state index contributed by atoms with van der Waals surface area (Å²) in [6.07, 6.45) is 5.31. The predicted molar refractivity (Wildman–Crippen MR) is 104 cm³/mol. The van der Waals surface area contributed by atoms with Gasteiger partial charge in [0.15, 0.2) is 23.1 Å². The van der Waals surface area contributed by atoms with Gasteiger partial charge in [0.2, 0.25) is 5.82 Å². The van der Waals surface area contributed by atoms with Crippen LogP contribution >= 0.6 is 0 Å². The number of benzene rings is 2. The summed E-state index contributed by atoms with van der Waals surface area (Å²) in [5, 5.41) is 0. The summed E-state index contributed by atoms with van der Waals surface area (Å²) in [5.74, 6) is -5.69. The number of hydrogen-bond acceptors (Lipinski definition) is 6. The molecule has 2 aromatic carbocycles. The first-order valence-corrected chi connectivity index (χ1v) is 8.44. The Morgan fingerprint density at radius 2 is 1.29 bits per heavy atom. The molecule has 0 heterocycles. The van der Waals surface area contributed by atoms with Crippen molar-refractivity contribution in [1.82, 2.24) is 0 Å². The van der Waals surface area contributed by atoms with Crippen molar-refractivity contribution in [1.29, 1.82) is 0 Å². The lowest BCUT2D eigenvalue weighted by molar-refractivity contribution is -0.133. The van der Waals surface area contributed by atoms with Crippen molar-refractivity contribution in [2.24, 2.45) is 0 Å². The average Bonchev–Trinajstić information content (AvgIpc) is 2.77. The number of rotatable bonds is 9. The normalized spacial score (nSPS) is 10.7. The van der Waals surface area contributed by atoms with E-state index < -0.39 is 35.1 Å². The second-order valence-corrected chi connectivity index (χ2v) is 5.45. The van der Waals surface area contributed by atoms with E-state index in [1.807, 2.05) is 0 Å². The Bertz CT molecular complexity index is 1060. The summed E-state index contributed by atoms with van der Waals surface area (Å²) in [5.41, 5.74) is -0.196. The molecule has 0 unspecified atom stereocenters. The van der Waals surface area contributed by atoms with Gasteiger partial charge < -0.3 is 18.9 Å². The Labute approximate surface area is 175 Å². The van der Waals surface area contributed by atoms with Crippen LogP contribution in [0.3, 0.4) is 0 Å². The summed E-state index contributed by atoms with van der Waals surface area (Å²) >= 11 is 0. The van der Waals surface area contributed by atoms with Gasteiger partial charge in [0.1, 0.15) is 25.0 Å². The van der Waals surface area contributed by atoms with E-state index in [4.69, 9.17) is 9.47 Å². The molecule has 31 heavy (non-hydrogen) atoms. The molecule has 6 nitrogen and oxygen atoms in total. The highest BCUT2D eigenvalue weighted by Crippen LogP contribution is 2.32. The van der Waals surface area contributed by atoms with Crippen LogP contribution in [-0.4, -0.2) is 11.9 Å². The maximum absolute atomic E-state index is 14.4. The standard InChI is InChI=1S/C22H15F3O6/c1-3-19(26)30-11-9-28-17-7-5-14(13-16(17)23)15-6-8-18(22(25)21(15)24)29-10-12-31-20(27)4-2/h3-13H,1-2H2. The number of hydrogen-bond donors (Lipinski definition) is 0. The van der Waals surface area contributed by atoms with Crippen LogP contribution in [0.25, 0.3) is 11.1 Å². The predicted octanol–water partition coefficient (Wildman–Crippen LogP) is 4.93. The SMILES string of the molecule is C=CC(=O)OC=COc1ccc(-c2ccc(OC=COC(=O)C=C)c(F)c2F)cc1F. The molecule has 0 radical (unpaired) electrons. The lowest BCUT2D eigenvalue weighted by Crippen LogP contribution is -1.97. The second-order valence-electron chi connectivity index (χ2n) is 5.45. The lowest BCUT2D eigenvalue weighted by atomic mass is 10.0. The van der Waals surface area contributed by atoms with Gasteiger partial charge in [-0.05, 0) is 29.8 Å². The second kappa shape index (κ2) is 11.1. The van der Waals surface area contributed by atoms with Crippen molar-refractivity contribution in [2.75, 3.05) is 0 Å². The number of carbonyl (C=O) groups is 2. The van der Waals surface area contributed by atoms with Crippen LogP contribution in [0.15, 0.2) is 80.7 Å². The van der Waals surface area contributed by atoms with Crippen LogP contribution in [0.5, 0.6) is 11.5 Å². The zero-order valence-corrected chi connectivity index (χ0v) is 15.8. The minimum atomic E-state index is -1.33. The molecular formula is C22H15F3O6. The fourth-order valence-corrected chi connectivity index (χ4v) is 2.10. The van der Waals surface area contributed by atoms with E-state index in [0.717, 1.165) is 49.3 Å². The molecule has 0 N–H and O–H groups in total. The largest absolute Gasteiger partial charge is 0.459 e. The van der Waals surface area contributed by atoms with Gasteiger partial charge in [0.05, 0.1) is 0 Å². The van der Waals surface area contributed by atoms with Crippen LogP contribution in [0.4, 0.5) is 13.2 Å². The van der Waals surface area contributed by atoms with E-state index >= 15 is 0 Å². The van der Waals surface area contributed by atoms with Crippen molar-refractivity contribution >= 4 is 11.9 Å². The maximum Gasteiger partial charge on any atom is 0.335 e. The highest BCUT2D eigenvalue weighted by molar-refractivity contribution is 5.82. The van der Waals surface area contributed by atoms with Crippen molar-refractivity contribution in [3.8, 4) is 22.6 Å². The fraction of sp³-hybridized carbons (Fsp3) is 0. The minimum Gasteiger partial charge on any atom is -0.459 e. The van der Waals surface area contributed by atoms with Gasteiger partial charge in [-0.3, -0.25) is 0 Å². The van der Waals surface area contributed by atoms with E-state index in [9.17, 15) is 22.8 Å². The van der Waals surface area contributed by atoms with Gasteiger partial charge >= 0.3 is 11.9 Å². The number of esters is 2.